The molecule has 0 saturated heterocycles. The van der Waals surface area contributed by atoms with Crippen molar-refractivity contribution in [1.29, 1.82) is 0 Å². The Hall–Kier alpha value is -4.14. The lowest BCUT2D eigenvalue weighted by Crippen LogP contribution is -2.34. The number of amides is 2. The van der Waals surface area contributed by atoms with Crippen molar-refractivity contribution in [3.05, 3.63) is 86.6 Å². The standard InChI is InChI=1S/C24H21N3O6/c1-3-33-24(30)21-19(13-26-22(28)17-9-4-5-10-18(17)23(26)29)25-12-14(2)20(21)15-7-6-8-16(11-15)27(31)32/h4-12,14,20H,3,13H2,1-2H3. The smallest absolute Gasteiger partial charge is 0.336 e. The van der Waals surface area contributed by atoms with Crippen LogP contribution in [0.15, 0.2) is 64.8 Å². The maximum Gasteiger partial charge on any atom is 0.336 e. The Morgan fingerprint density at radius 2 is 1.79 bits per heavy atom. The monoisotopic (exact) mass is 447 g/mol. The summed E-state index contributed by atoms with van der Waals surface area (Å²) in [4.78, 5) is 55.0. The number of ether oxygens (including phenoxy) is 1. The van der Waals surface area contributed by atoms with Gasteiger partial charge in [-0.05, 0) is 24.6 Å². The lowest BCUT2D eigenvalue weighted by atomic mass is 9.79. The number of hydrogen-bond donors (Lipinski definition) is 0. The SMILES string of the molecule is CCOC(=O)C1=C(CN2C(=O)c3ccccc3C2=O)N=CC(C)C1c1cccc([N+](=O)[O-])c1. The average molecular weight is 447 g/mol. The third kappa shape index (κ3) is 3.93. The van der Waals surface area contributed by atoms with E-state index in [0.29, 0.717) is 16.7 Å². The van der Waals surface area contributed by atoms with Crippen LogP contribution in [0.2, 0.25) is 0 Å². The molecule has 2 heterocycles. The predicted octanol–water partition coefficient (Wildman–Crippen LogP) is 3.51. The second kappa shape index (κ2) is 8.78. The number of nitro benzene ring substituents is 1. The summed E-state index contributed by atoms with van der Waals surface area (Å²) < 4.78 is 5.28. The lowest BCUT2D eigenvalue weighted by molar-refractivity contribution is -0.384. The van der Waals surface area contributed by atoms with Gasteiger partial charge in [-0.2, -0.15) is 0 Å². The van der Waals surface area contributed by atoms with Gasteiger partial charge in [0, 0.05) is 30.2 Å². The molecule has 168 valence electrons. The van der Waals surface area contributed by atoms with Gasteiger partial charge in [0.2, 0.25) is 0 Å². The molecule has 2 unspecified atom stereocenters. The van der Waals surface area contributed by atoms with Crippen molar-refractivity contribution in [2.24, 2.45) is 10.9 Å². The Labute approximate surface area is 189 Å². The first kappa shape index (κ1) is 22.1. The molecule has 0 aliphatic carbocycles. The first-order chi connectivity index (χ1) is 15.8. The summed E-state index contributed by atoms with van der Waals surface area (Å²) in [6.45, 7) is 3.41. The second-order valence-corrected chi connectivity index (χ2v) is 7.79. The molecule has 2 atom stereocenters. The number of non-ortho nitro benzene ring substituents is 1. The minimum Gasteiger partial charge on any atom is -0.463 e. The van der Waals surface area contributed by atoms with Gasteiger partial charge in [-0.25, -0.2) is 4.79 Å². The number of fused-ring (bicyclic) bond motifs is 1. The molecular weight excluding hydrogens is 426 g/mol. The highest BCUT2D eigenvalue weighted by molar-refractivity contribution is 6.21. The summed E-state index contributed by atoms with van der Waals surface area (Å²) in [6, 6.07) is 12.6. The third-order valence-electron chi connectivity index (χ3n) is 5.73. The summed E-state index contributed by atoms with van der Waals surface area (Å²) >= 11 is 0. The van der Waals surface area contributed by atoms with Crippen LogP contribution in [0.25, 0.3) is 0 Å². The molecule has 0 saturated carbocycles. The molecule has 0 N–H and O–H groups in total. The predicted molar refractivity (Wildman–Crippen MR) is 119 cm³/mol. The van der Waals surface area contributed by atoms with Gasteiger partial charge in [-0.1, -0.05) is 31.2 Å². The topological polar surface area (TPSA) is 119 Å². The normalized spacial score (nSPS) is 19.6. The Bertz CT molecular complexity index is 1200. The van der Waals surface area contributed by atoms with Crippen LogP contribution < -0.4 is 0 Å². The van der Waals surface area contributed by atoms with Gasteiger partial charge < -0.3 is 4.74 Å². The highest BCUT2D eigenvalue weighted by Gasteiger charge is 2.39. The van der Waals surface area contributed by atoms with Crippen LogP contribution in [0.5, 0.6) is 0 Å². The van der Waals surface area contributed by atoms with E-state index in [1.165, 1.54) is 12.1 Å². The van der Waals surface area contributed by atoms with Gasteiger partial charge in [0.25, 0.3) is 17.5 Å². The number of aliphatic imine (C=N–C) groups is 1. The minimum atomic E-state index is -0.635. The summed E-state index contributed by atoms with van der Waals surface area (Å²) in [5, 5.41) is 11.3. The quantitative estimate of drug-likeness (QED) is 0.289. The fourth-order valence-electron chi connectivity index (χ4n) is 4.22. The molecule has 2 aromatic rings. The second-order valence-electron chi connectivity index (χ2n) is 7.79. The number of benzene rings is 2. The van der Waals surface area contributed by atoms with E-state index in [2.05, 4.69) is 4.99 Å². The first-order valence-corrected chi connectivity index (χ1v) is 10.5. The highest BCUT2D eigenvalue weighted by Crippen LogP contribution is 2.39. The van der Waals surface area contributed by atoms with Crippen molar-refractivity contribution in [1.82, 2.24) is 4.90 Å². The third-order valence-corrected chi connectivity index (χ3v) is 5.73. The molecule has 9 heteroatoms. The van der Waals surface area contributed by atoms with E-state index in [-0.39, 0.29) is 36.0 Å². The molecule has 0 bridgehead atoms. The largest absolute Gasteiger partial charge is 0.463 e. The molecule has 4 rings (SSSR count). The number of carbonyl (C=O) groups is 3. The number of hydrogen-bond acceptors (Lipinski definition) is 7. The molecule has 2 amide bonds. The molecule has 0 radical (unpaired) electrons. The van der Waals surface area contributed by atoms with E-state index in [4.69, 9.17) is 4.74 Å². The maximum atomic E-state index is 13.0. The van der Waals surface area contributed by atoms with Crippen molar-refractivity contribution in [2.75, 3.05) is 13.2 Å². The number of carbonyl (C=O) groups excluding carboxylic acids is 3. The van der Waals surface area contributed by atoms with Crippen LogP contribution in [0, 0.1) is 16.0 Å². The van der Waals surface area contributed by atoms with Crippen LogP contribution in [-0.2, 0) is 9.53 Å². The number of imide groups is 1. The van der Waals surface area contributed by atoms with Crippen molar-refractivity contribution in [2.45, 2.75) is 19.8 Å². The van der Waals surface area contributed by atoms with Gasteiger partial charge in [0.15, 0.2) is 0 Å². The summed E-state index contributed by atoms with van der Waals surface area (Å²) in [7, 11) is 0. The number of nitro groups is 1. The van der Waals surface area contributed by atoms with Crippen LogP contribution in [0.1, 0.15) is 46.0 Å². The van der Waals surface area contributed by atoms with Gasteiger partial charge in [-0.15, -0.1) is 0 Å². The number of nitrogens with zero attached hydrogens (tertiary/aromatic N) is 3. The Balaban J connectivity index is 1.79. The summed E-state index contributed by atoms with van der Waals surface area (Å²) in [5.41, 5.74) is 1.44. The Morgan fingerprint density at radius 1 is 1.12 bits per heavy atom. The highest BCUT2D eigenvalue weighted by atomic mass is 16.6. The van der Waals surface area contributed by atoms with Gasteiger partial charge in [-0.3, -0.25) is 29.6 Å². The molecule has 33 heavy (non-hydrogen) atoms. The molecule has 9 nitrogen and oxygen atoms in total. The van der Waals surface area contributed by atoms with Crippen LogP contribution in [0.4, 0.5) is 5.69 Å². The van der Waals surface area contributed by atoms with E-state index in [1.807, 2.05) is 6.92 Å². The molecule has 0 fully saturated rings. The van der Waals surface area contributed by atoms with Crippen LogP contribution in [-0.4, -0.2) is 47.0 Å². The van der Waals surface area contributed by atoms with Gasteiger partial charge in [0.1, 0.15) is 0 Å². The molecular formula is C24H21N3O6. The van der Waals surface area contributed by atoms with E-state index < -0.39 is 28.6 Å². The van der Waals surface area contributed by atoms with E-state index in [9.17, 15) is 24.5 Å². The molecule has 2 aliphatic heterocycles. The van der Waals surface area contributed by atoms with Gasteiger partial charge in [0.05, 0.1) is 40.5 Å². The Kier molecular flexibility index (Phi) is 5.87. The number of esters is 1. The zero-order chi connectivity index (χ0) is 23.7. The van der Waals surface area contributed by atoms with Gasteiger partial charge >= 0.3 is 5.97 Å². The fraction of sp³-hybridized carbons (Fsp3) is 0.250. The summed E-state index contributed by atoms with van der Waals surface area (Å²) in [5.74, 6) is -2.44. The number of rotatable bonds is 6. The van der Waals surface area contributed by atoms with E-state index in [0.717, 1.165) is 4.90 Å². The van der Waals surface area contributed by atoms with Crippen LogP contribution >= 0.6 is 0 Å². The van der Waals surface area contributed by atoms with Crippen molar-refractivity contribution >= 4 is 29.7 Å². The van der Waals surface area contributed by atoms with Crippen molar-refractivity contribution < 1.29 is 24.0 Å². The average Bonchev–Trinajstić information content (AvgIpc) is 3.05. The summed E-state index contributed by atoms with van der Waals surface area (Å²) in [6.07, 6.45) is 1.62. The zero-order valence-corrected chi connectivity index (χ0v) is 18.1. The van der Waals surface area contributed by atoms with Crippen LogP contribution in [0.3, 0.4) is 0 Å². The molecule has 2 aromatic carbocycles. The maximum absolute atomic E-state index is 13.0. The first-order valence-electron chi connectivity index (χ1n) is 10.5. The van der Waals surface area contributed by atoms with E-state index >= 15 is 0 Å². The fourth-order valence-corrected chi connectivity index (χ4v) is 4.22. The lowest BCUT2D eigenvalue weighted by Gasteiger charge is -2.29. The van der Waals surface area contributed by atoms with Crippen molar-refractivity contribution in [3.8, 4) is 0 Å². The minimum absolute atomic E-state index is 0.104. The molecule has 0 aromatic heterocycles. The zero-order valence-electron chi connectivity index (χ0n) is 18.1. The Morgan fingerprint density at radius 3 is 2.39 bits per heavy atom. The van der Waals surface area contributed by atoms with E-state index in [1.54, 1.807) is 49.5 Å². The molecule has 0 spiro atoms. The van der Waals surface area contributed by atoms with Crippen molar-refractivity contribution in [3.63, 3.8) is 0 Å². The molecule has 2 aliphatic rings.